The molecule has 0 saturated heterocycles. The number of aliphatic hydroxyl groups excluding tert-OH is 2. The fourth-order valence-corrected chi connectivity index (χ4v) is 11.5. The van der Waals surface area contributed by atoms with Gasteiger partial charge in [0, 0.05) is 0 Å². The van der Waals surface area contributed by atoms with E-state index in [4.69, 9.17) is 0 Å². The third-order valence-corrected chi connectivity index (χ3v) is 13.6. The van der Waals surface area contributed by atoms with Crippen molar-refractivity contribution in [1.29, 1.82) is 0 Å². The maximum atomic E-state index is 10.9. The highest BCUT2D eigenvalue weighted by molar-refractivity contribution is 5.21. The Morgan fingerprint density at radius 3 is 2.19 bits per heavy atom. The Morgan fingerprint density at radius 2 is 1.50 bits per heavy atom. The van der Waals surface area contributed by atoms with Crippen molar-refractivity contribution in [2.45, 2.75) is 112 Å². The number of hydrogen-bond acceptors (Lipinski definition) is 2. The van der Waals surface area contributed by atoms with Gasteiger partial charge in [0.1, 0.15) is 0 Å². The topological polar surface area (TPSA) is 40.5 Å². The van der Waals surface area contributed by atoms with Gasteiger partial charge in [0.15, 0.2) is 0 Å². The fourth-order valence-electron chi connectivity index (χ4n) is 11.5. The van der Waals surface area contributed by atoms with E-state index in [9.17, 15) is 10.2 Å². The van der Waals surface area contributed by atoms with Gasteiger partial charge in [-0.3, -0.25) is 0 Å². The van der Waals surface area contributed by atoms with Crippen LogP contribution in [0.1, 0.15) is 106 Å². The SMILES string of the molecule is C=C(CO)C1CCC2(C)CCC3(C)C(CCC4C5(C)CCC(O)C(C)(C)C5CCC43C)C12. The van der Waals surface area contributed by atoms with Gasteiger partial charge >= 0.3 is 0 Å². The average Bonchev–Trinajstić information content (AvgIpc) is 3.09. The van der Waals surface area contributed by atoms with Crippen LogP contribution in [-0.2, 0) is 0 Å². The summed E-state index contributed by atoms with van der Waals surface area (Å²) in [4.78, 5) is 0. The molecule has 0 amide bonds. The molecule has 0 aromatic heterocycles. The van der Waals surface area contributed by atoms with E-state index < -0.39 is 0 Å². The molecule has 0 bridgehead atoms. The summed E-state index contributed by atoms with van der Waals surface area (Å²) in [7, 11) is 0. The van der Waals surface area contributed by atoms with Crippen LogP contribution in [0, 0.1) is 56.7 Å². The third kappa shape index (κ3) is 2.72. The Kier molecular flexibility index (Phi) is 5.19. The number of rotatable bonds is 2. The fraction of sp³-hybridized carbons (Fsp3) is 0.933. The largest absolute Gasteiger partial charge is 0.393 e. The molecule has 0 spiro atoms. The summed E-state index contributed by atoms with van der Waals surface area (Å²) >= 11 is 0. The highest BCUT2D eigenvalue weighted by atomic mass is 16.3. The summed E-state index contributed by atoms with van der Waals surface area (Å²) in [5, 5.41) is 20.9. The summed E-state index contributed by atoms with van der Waals surface area (Å²) in [5.41, 5.74) is 2.70. The molecule has 0 aliphatic heterocycles. The number of aliphatic hydroxyl groups is 2. The monoisotopic (exact) mass is 442 g/mol. The van der Waals surface area contributed by atoms with Gasteiger partial charge in [0.2, 0.25) is 0 Å². The molecule has 2 nitrogen and oxygen atoms in total. The average molecular weight is 443 g/mol. The van der Waals surface area contributed by atoms with E-state index in [1.165, 1.54) is 57.8 Å². The van der Waals surface area contributed by atoms with Gasteiger partial charge in [0.05, 0.1) is 12.7 Å². The Labute approximate surface area is 197 Å². The van der Waals surface area contributed by atoms with Crippen molar-refractivity contribution in [1.82, 2.24) is 0 Å². The van der Waals surface area contributed by atoms with Gasteiger partial charge in [-0.15, -0.1) is 0 Å². The van der Waals surface area contributed by atoms with Crippen LogP contribution in [0.25, 0.3) is 0 Å². The molecule has 0 radical (unpaired) electrons. The lowest BCUT2D eigenvalue weighted by Gasteiger charge is -2.73. The van der Waals surface area contributed by atoms with E-state index in [1.807, 2.05) is 0 Å². The van der Waals surface area contributed by atoms with Crippen LogP contribution in [0.2, 0.25) is 0 Å². The Bertz CT molecular complexity index is 786. The predicted octanol–water partition coefficient (Wildman–Crippen LogP) is 7.00. The van der Waals surface area contributed by atoms with Crippen molar-refractivity contribution in [3.63, 3.8) is 0 Å². The smallest absolute Gasteiger partial charge is 0.0641 e. The molecule has 5 saturated carbocycles. The van der Waals surface area contributed by atoms with Crippen molar-refractivity contribution in [3.05, 3.63) is 12.2 Å². The van der Waals surface area contributed by atoms with E-state index in [1.54, 1.807) is 0 Å². The van der Waals surface area contributed by atoms with Crippen molar-refractivity contribution < 1.29 is 10.2 Å². The first-order valence-corrected chi connectivity index (χ1v) is 13.8. The van der Waals surface area contributed by atoms with Crippen LogP contribution in [0.15, 0.2) is 12.2 Å². The van der Waals surface area contributed by atoms with E-state index in [0.29, 0.717) is 39.4 Å². The Balaban J connectivity index is 1.53. The van der Waals surface area contributed by atoms with Crippen LogP contribution < -0.4 is 0 Å². The van der Waals surface area contributed by atoms with Crippen molar-refractivity contribution >= 4 is 0 Å². The molecule has 0 aromatic carbocycles. The molecule has 182 valence electrons. The molecule has 2 N–H and O–H groups in total. The minimum atomic E-state index is -0.143. The molecule has 5 aliphatic rings. The molecular formula is C30H50O2. The summed E-state index contributed by atoms with van der Waals surface area (Å²) in [6, 6.07) is 0. The minimum absolute atomic E-state index is 0.0344. The minimum Gasteiger partial charge on any atom is -0.393 e. The maximum absolute atomic E-state index is 10.9. The Hall–Kier alpha value is -0.340. The summed E-state index contributed by atoms with van der Waals surface area (Å²) in [6.07, 6.45) is 12.7. The first kappa shape index (κ1) is 23.4. The molecule has 10 atom stereocenters. The molecule has 32 heavy (non-hydrogen) atoms. The van der Waals surface area contributed by atoms with Gasteiger partial charge < -0.3 is 10.2 Å². The summed E-state index contributed by atoms with van der Waals surface area (Å²) in [5.74, 6) is 3.39. The molecule has 5 rings (SSSR count). The van der Waals surface area contributed by atoms with Gasteiger partial charge in [0.25, 0.3) is 0 Å². The van der Waals surface area contributed by atoms with E-state index in [2.05, 4.69) is 48.1 Å². The van der Waals surface area contributed by atoms with Crippen LogP contribution in [0.3, 0.4) is 0 Å². The van der Waals surface area contributed by atoms with Crippen LogP contribution in [-0.4, -0.2) is 22.9 Å². The zero-order valence-electron chi connectivity index (χ0n) is 21.8. The van der Waals surface area contributed by atoms with Crippen molar-refractivity contribution in [2.24, 2.45) is 56.7 Å². The van der Waals surface area contributed by atoms with Gasteiger partial charge in [-0.2, -0.15) is 0 Å². The number of fused-ring (bicyclic) bond motifs is 7. The standard InChI is InChI=1S/C30H50O2/c1-19(18-31)20-10-13-27(4)16-17-29(6)21(25(20)27)8-9-23-28(5)14-12-24(32)26(2,3)22(28)11-15-30(23,29)7/h20-25,31-32H,1,8-18H2,2-7H3. The summed E-state index contributed by atoms with van der Waals surface area (Å²) in [6.45, 7) is 19.8. The third-order valence-electron chi connectivity index (χ3n) is 13.6. The van der Waals surface area contributed by atoms with Gasteiger partial charge in [-0.05, 0) is 126 Å². The zero-order chi connectivity index (χ0) is 23.3. The lowest BCUT2D eigenvalue weighted by atomic mass is 9.32. The first-order chi connectivity index (χ1) is 14.8. The predicted molar refractivity (Wildman–Crippen MR) is 132 cm³/mol. The maximum Gasteiger partial charge on any atom is 0.0641 e. The molecule has 0 aromatic rings. The lowest BCUT2D eigenvalue weighted by Crippen LogP contribution is -2.66. The zero-order valence-corrected chi connectivity index (χ0v) is 21.8. The quantitative estimate of drug-likeness (QED) is 0.452. The Morgan fingerprint density at radius 1 is 0.781 bits per heavy atom. The van der Waals surface area contributed by atoms with E-state index >= 15 is 0 Å². The van der Waals surface area contributed by atoms with Crippen LogP contribution in [0.4, 0.5) is 0 Å². The second-order valence-electron chi connectivity index (χ2n) is 14.7. The molecule has 2 heteroatoms. The highest BCUT2D eigenvalue weighted by Gasteiger charge is 2.70. The molecule has 5 fully saturated rings. The summed E-state index contributed by atoms with van der Waals surface area (Å²) < 4.78 is 0. The number of hydrogen-bond donors (Lipinski definition) is 2. The van der Waals surface area contributed by atoms with Gasteiger partial charge in [-0.1, -0.05) is 48.1 Å². The molecule has 5 aliphatic carbocycles. The second-order valence-corrected chi connectivity index (χ2v) is 14.7. The molecule has 0 heterocycles. The molecule has 10 unspecified atom stereocenters. The van der Waals surface area contributed by atoms with Crippen LogP contribution in [0.5, 0.6) is 0 Å². The van der Waals surface area contributed by atoms with E-state index in [0.717, 1.165) is 23.8 Å². The molecular weight excluding hydrogens is 392 g/mol. The second kappa shape index (κ2) is 7.09. The van der Waals surface area contributed by atoms with Crippen LogP contribution >= 0.6 is 0 Å². The first-order valence-electron chi connectivity index (χ1n) is 13.8. The normalized spacial score (nSPS) is 56.5. The van der Waals surface area contributed by atoms with Crippen molar-refractivity contribution in [3.8, 4) is 0 Å². The van der Waals surface area contributed by atoms with E-state index in [-0.39, 0.29) is 18.1 Å². The van der Waals surface area contributed by atoms with Gasteiger partial charge in [-0.25, -0.2) is 0 Å². The lowest BCUT2D eigenvalue weighted by molar-refractivity contribution is -0.246. The highest BCUT2D eigenvalue weighted by Crippen LogP contribution is 2.77. The van der Waals surface area contributed by atoms with Crippen molar-refractivity contribution in [2.75, 3.05) is 6.61 Å².